The van der Waals surface area contributed by atoms with Crippen LogP contribution in [0.5, 0.6) is 11.5 Å². The third-order valence-corrected chi connectivity index (χ3v) is 3.40. The van der Waals surface area contributed by atoms with Gasteiger partial charge in [0.1, 0.15) is 12.4 Å². The Bertz CT molecular complexity index is 599. The molecule has 0 aliphatic rings. The maximum Gasteiger partial charge on any atom is 0.161 e. The number of methoxy groups -OCH3 is 1. The fourth-order valence-corrected chi connectivity index (χ4v) is 2.19. The largest absolute Gasteiger partial charge is 0.493 e. The van der Waals surface area contributed by atoms with Gasteiger partial charge in [0.15, 0.2) is 11.5 Å². The lowest BCUT2D eigenvalue weighted by atomic mass is 10.2. The number of benzene rings is 2. The van der Waals surface area contributed by atoms with Gasteiger partial charge in [-0.2, -0.15) is 0 Å². The molecule has 5 heteroatoms. The lowest BCUT2D eigenvalue weighted by Gasteiger charge is -2.13. The van der Waals surface area contributed by atoms with Gasteiger partial charge in [0.25, 0.3) is 0 Å². The van der Waals surface area contributed by atoms with E-state index in [2.05, 4.69) is 5.32 Å². The normalized spacial score (nSPS) is 10.5. The molecule has 0 saturated carbocycles. The zero-order valence-electron chi connectivity index (χ0n) is 12.0. The van der Waals surface area contributed by atoms with Gasteiger partial charge in [-0.25, -0.2) is 4.39 Å². The molecule has 0 atom stereocenters. The molecular formula is C16H17ClFNO2. The van der Waals surface area contributed by atoms with Crippen molar-refractivity contribution >= 4 is 11.6 Å². The van der Waals surface area contributed by atoms with Crippen LogP contribution >= 0.6 is 11.6 Å². The van der Waals surface area contributed by atoms with Gasteiger partial charge in [0.2, 0.25) is 0 Å². The van der Waals surface area contributed by atoms with E-state index in [1.807, 2.05) is 25.2 Å². The highest BCUT2D eigenvalue weighted by molar-refractivity contribution is 6.31. The number of nitrogens with one attached hydrogen (secondary N) is 1. The van der Waals surface area contributed by atoms with Gasteiger partial charge in [-0.1, -0.05) is 23.7 Å². The predicted molar refractivity (Wildman–Crippen MR) is 81.5 cm³/mol. The van der Waals surface area contributed by atoms with Crippen LogP contribution in [0.25, 0.3) is 0 Å². The number of hydrogen-bond acceptors (Lipinski definition) is 3. The topological polar surface area (TPSA) is 30.5 Å². The second-order valence-corrected chi connectivity index (χ2v) is 4.91. The first-order valence-corrected chi connectivity index (χ1v) is 6.90. The average Bonchev–Trinajstić information content (AvgIpc) is 2.47. The molecule has 0 aliphatic carbocycles. The SMILES string of the molecule is CNCc1ccc(OC)c(OCc2c(F)cccc2Cl)c1. The van der Waals surface area contributed by atoms with Gasteiger partial charge in [-0.15, -0.1) is 0 Å². The van der Waals surface area contributed by atoms with Crippen LogP contribution in [0.2, 0.25) is 5.02 Å². The number of hydrogen-bond donors (Lipinski definition) is 1. The van der Waals surface area contributed by atoms with Crippen LogP contribution in [0.3, 0.4) is 0 Å². The molecule has 21 heavy (non-hydrogen) atoms. The van der Waals surface area contributed by atoms with Crippen LogP contribution in [0.4, 0.5) is 4.39 Å². The fraction of sp³-hybridized carbons (Fsp3) is 0.250. The molecule has 2 rings (SSSR count). The third kappa shape index (κ3) is 3.86. The van der Waals surface area contributed by atoms with Crippen LogP contribution in [0.1, 0.15) is 11.1 Å². The highest BCUT2D eigenvalue weighted by atomic mass is 35.5. The molecule has 112 valence electrons. The van der Waals surface area contributed by atoms with Gasteiger partial charge in [0.05, 0.1) is 12.1 Å². The molecule has 0 spiro atoms. The summed E-state index contributed by atoms with van der Waals surface area (Å²) in [5.74, 6) is 0.778. The van der Waals surface area contributed by atoms with E-state index in [1.165, 1.54) is 6.07 Å². The van der Waals surface area contributed by atoms with Gasteiger partial charge in [-0.3, -0.25) is 0 Å². The summed E-state index contributed by atoms with van der Waals surface area (Å²) in [5, 5.41) is 3.41. The first-order chi connectivity index (χ1) is 10.2. The van der Waals surface area contributed by atoms with Gasteiger partial charge in [0, 0.05) is 12.1 Å². The molecule has 2 aromatic rings. The van der Waals surface area contributed by atoms with E-state index >= 15 is 0 Å². The minimum absolute atomic E-state index is 0.0465. The Labute approximate surface area is 128 Å². The molecular weight excluding hydrogens is 293 g/mol. The zero-order valence-corrected chi connectivity index (χ0v) is 12.7. The Hall–Kier alpha value is -1.78. The number of ether oxygens (including phenoxy) is 2. The van der Waals surface area contributed by atoms with E-state index in [0.717, 1.165) is 5.56 Å². The highest BCUT2D eigenvalue weighted by Gasteiger charge is 2.10. The van der Waals surface area contributed by atoms with Crippen LogP contribution in [-0.4, -0.2) is 14.2 Å². The maximum atomic E-state index is 13.7. The lowest BCUT2D eigenvalue weighted by Crippen LogP contribution is -2.06. The Kier molecular flexibility index (Phi) is 5.42. The van der Waals surface area contributed by atoms with Crippen LogP contribution in [0, 0.1) is 5.82 Å². The first-order valence-electron chi connectivity index (χ1n) is 6.53. The van der Waals surface area contributed by atoms with Crippen molar-refractivity contribution in [3.05, 3.63) is 58.4 Å². The molecule has 0 amide bonds. The summed E-state index contributed by atoms with van der Waals surface area (Å²) in [5.41, 5.74) is 1.38. The van der Waals surface area contributed by atoms with E-state index in [9.17, 15) is 4.39 Å². The molecule has 0 unspecified atom stereocenters. The van der Waals surface area contributed by atoms with E-state index in [-0.39, 0.29) is 12.4 Å². The van der Waals surface area contributed by atoms with Crippen molar-refractivity contribution in [2.75, 3.05) is 14.2 Å². The molecule has 0 aromatic heterocycles. The van der Waals surface area contributed by atoms with E-state index < -0.39 is 0 Å². The molecule has 3 nitrogen and oxygen atoms in total. The summed E-state index contributed by atoms with van der Waals surface area (Å²) in [6.07, 6.45) is 0. The summed E-state index contributed by atoms with van der Waals surface area (Å²) < 4.78 is 24.7. The van der Waals surface area contributed by atoms with Crippen molar-refractivity contribution in [2.45, 2.75) is 13.2 Å². The summed E-state index contributed by atoms with van der Waals surface area (Å²) in [6, 6.07) is 10.2. The van der Waals surface area contributed by atoms with Crippen molar-refractivity contribution in [3.63, 3.8) is 0 Å². The molecule has 0 aliphatic heterocycles. The number of rotatable bonds is 6. The van der Waals surface area contributed by atoms with Gasteiger partial charge < -0.3 is 14.8 Å². The molecule has 2 aromatic carbocycles. The summed E-state index contributed by atoms with van der Waals surface area (Å²) in [7, 11) is 3.43. The van der Waals surface area contributed by atoms with Crippen LogP contribution in [-0.2, 0) is 13.2 Å². The van der Waals surface area contributed by atoms with Crippen molar-refractivity contribution in [1.82, 2.24) is 5.32 Å². The average molecular weight is 310 g/mol. The first kappa shape index (κ1) is 15.6. The van der Waals surface area contributed by atoms with E-state index in [0.29, 0.717) is 28.6 Å². The Morgan fingerprint density at radius 3 is 2.67 bits per heavy atom. The predicted octanol–water partition coefficient (Wildman–Crippen LogP) is 3.79. The Morgan fingerprint density at radius 1 is 1.19 bits per heavy atom. The summed E-state index contributed by atoms with van der Waals surface area (Å²) >= 11 is 5.99. The van der Waals surface area contributed by atoms with Crippen LogP contribution in [0.15, 0.2) is 36.4 Å². The molecule has 0 radical (unpaired) electrons. The Morgan fingerprint density at radius 2 is 2.00 bits per heavy atom. The van der Waals surface area contributed by atoms with Gasteiger partial charge in [-0.05, 0) is 36.9 Å². The second-order valence-electron chi connectivity index (χ2n) is 4.50. The smallest absolute Gasteiger partial charge is 0.161 e. The van der Waals surface area contributed by atoms with Gasteiger partial charge >= 0.3 is 0 Å². The van der Waals surface area contributed by atoms with E-state index in [1.54, 1.807) is 19.2 Å². The molecule has 0 heterocycles. The lowest BCUT2D eigenvalue weighted by molar-refractivity contribution is 0.279. The van der Waals surface area contributed by atoms with Crippen molar-refractivity contribution in [2.24, 2.45) is 0 Å². The van der Waals surface area contributed by atoms with Crippen molar-refractivity contribution in [3.8, 4) is 11.5 Å². The summed E-state index contributed by atoms with van der Waals surface area (Å²) in [4.78, 5) is 0. The number of halogens is 2. The minimum atomic E-state index is -0.382. The standard InChI is InChI=1S/C16H17ClFNO2/c1-19-9-11-6-7-15(20-2)16(8-11)21-10-12-13(17)4-3-5-14(12)18/h3-8,19H,9-10H2,1-2H3. The third-order valence-electron chi connectivity index (χ3n) is 3.04. The summed E-state index contributed by atoms with van der Waals surface area (Å²) in [6.45, 7) is 0.756. The Balaban J connectivity index is 2.20. The fourth-order valence-electron chi connectivity index (χ4n) is 1.97. The monoisotopic (exact) mass is 309 g/mol. The second kappa shape index (κ2) is 7.29. The highest BCUT2D eigenvalue weighted by Crippen LogP contribution is 2.30. The quantitative estimate of drug-likeness (QED) is 0.880. The molecule has 0 bridgehead atoms. The molecule has 0 fully saturated rings. The maximum absolute atomic E-state index is 13.7. The van der Waals surface area contributed by atoms with Crippen LogP contribution < -0.4 is 14.8 Å². The van der Waals surface area contributed by atoms with Crippen molar-refractivity contribution < 1.29 is 13.9 Å². The molecule has 0 saturated heterocycles. The zero-order chi connectivity index (χ0) is 15.2. The van der Waals surface area contributed by atoms with E-state index in [4.69, 9.17) is 21.1 Å². The van der Waals surface area contributed by atoms with Crippen molar-refractivity contribution in [1.29, 1.82) is 0 Å². The molecule has 1 N–H and O–H groups in total. The minimum Gasteiger partial charge on any atom is -0.493 e.